The van der Waals surface area contributed by atoms with Gasteiger partial charge in [0.05, 0.1) is 37.5 Å². The number of sulfonamides is 1. The minimum atomic E-state index is -4.03. The summed E-state index contributed by atoms with van der Waals surface area (Å²) in [5.41, 5.74) is 1.09. The molecule has 9 heteroatoms. The molecule has 0 saturated heterocycles. The zero-order valence-electron chi connectivity index (χ0n) is 20.2. The SMILES string of the molecule is CCOc1ccc(S(=O)(=O)N(CC(=O)N[C@H](C)c2cc(OC)ccc2OC)c2ccccc2)cc1. The monoisotopic (exact) mass is 498 g/mol. The normalized spacial score (nSPS) is 11.9. The van der Waals surface area contributed by atoms with Crippen molar-refractivity contribution >= 4 is 21.6 Å². The van der Waals surface area contributed by atoms with Gasteiger partial charge in [0, 0.05) is 5.56 Å². The molecule has 3 rings (SSSR count). The number of nitrogens with one attached hydrogen (secondary N) is 1. The maximum absolute atomic E-state index is 13.5. The Morgan fingerprint density at radius 2 is 1.60 bits per heavy atom. The molecule has 1 N–H and O–H groups in total. The van der Waals surface area contributed by atoms with Gasteiger partial charge in [0.2, 0.25) is 5.91 Å². The highest BCUT2D eigenvalue weighted by molar-refractivity contribution is 7.92. The van der Waals surface area contributed by atoms with Crippen molar-refractivity contribution in [1.82, 2.24) is 5.32 Å². The Morgan fingerprint density at radius 3 is 2.20 bits per heavy atom. The standard InChI is InChI=1S/C26H30N2O6S/c1-5-34-21-11-14-23(15-12-21)35(30,31)28(20-9-7-6-8-10-20)18-26(29)27-19(2)24-17-22(32-3)13-16-25(24)33-4/h6-17,19H,5,18H2,1-4H3,(H,27,29)/t19-/m1/s1. The predicted octanol–water partition coefficient (Wildman–Crippen LogP) is 4.18. The maximum Gasteiger partial charge on any atom is 0.264 e. The Bertz CT molecular complexity index is 1230. The second kappa shape index (κ2) is 11.6. The van der Waals surface area contributed by atoms with Crippen molar-refractivity contribution in [3.8, 4) is 17.2 Å². The number of anilines is 1. The zero-order valence-corrected chi connectivity index (χ0v) is 21.0. The molecule has 1 amide bonds. The number of rotatable bonds is 11. The Hall–Kier alpha value is -3.72. The van der Waals surface area contributed by atoms with E-state index in [1.807, 2.05) is 6.92 Å². The summed E-state index contributed by atoms with van der Waals surface area (Å²) in [5, 5.41) is 2.87. The van der Waals surface area contributed by atoms with Crippen LogP contribution in [-0.2, 0) is 14.8 Å². The van der Waals surface area contributed by atoms with Crippen LogP contribution in [-0.4, -0.2) is 41.7 Å². The molecular formula is C26H30N2O6S. The van der Waals surface area contributed by atoms with Crippen molar-refractivity contribution in [3.05, 3.63) is 78.4 Å². The van der Waals surface area contributed by atoms with Gasteiger partial charge in [-0.25, -0.2) is 8.42 Å². The zero-order chi connectivity index (χ0) is 25.4. The molecular weight excluding hydrogens is 468 g/mol. The van der Waals surface area contributed by atoms with Crippen LogP contribution < -0.4 is 23.8 Å². The van der Waals surface area contributed by atoms with E-state index in [4.69, 9.17) is 14.2 Å². The molecule has 0 bridgehead atoms. The lowest BCUT2D eigenvalue weighted by molar-refractivity contribution is -0.120. The molecule has 0 spiro atoms. The molecule has 0 fully saturated rings. The van der Waals surface area contributed by atoms with E-state index in [-0.39, 0.29) is 4.90 Å². The Balaban J connectivity index is 1.87. The van der Waals surface area contributed by atoms with Crippen LogP contribution in [0.2, 0.25) is 0 Å². The largest absolute Gasteiger partial charge is 0.497 e. The first-order valence-electron chi connectivity index (χ1n) is 11.1. The van der Waals surface area contributed by atoms with E-state index in [0.717, 1.165) is 4.31 Å². The van der Waals surface area contributed by atoms with Crippen molar-refractivity contribution < 1.29 is 27.4 Å². The smallest absolute Gasteiger partial charge is 0.264 e. The Morgan fingerprint density at radius 1 is 0.943 bits per heavy atom. The average Bonchev–Trinajstić information content (AvgIpc) is 2.87. The number of ether oxygens (including phenoxy) is 3. The van der Waals surface area contributed by atoms with E-state index in [1.54, 1.807) is 81.8 Å². The summed E-state index contributed by atoms with van der Waals surface area (Å²) in [6.07, 6.45) is 0. The molecule has 186 valence electrons. The predicted molar refractivity (Wildman–Crippen MR) is 135 cm³/mol. The molecule has 35 heavy (non-hydrogen) atoms. The number of hydrogen-bond donors (Lipinski definition) is 1. The van der Waals surface area contributed by atoms with Crippen molar-refractivity contribution in [1.29, 1.82) is 0 Å². The van der Waals surface area contributed by atoms with Gasteiger partial charge in [-0.15, -0.1) is 0 Å². The summed E-state index contributed by atoms with van der Waals surface area (Å²) in [4.78, 5) is 13.1. The minimum Gasteiger partial charge on any atom is -0.497 e. The fraction of sp³-hybridized carbons (Fsp3) is 0.269. The van der Waals surface area contributed by atoms with E-state index in [1.165, 1.54) is 12.1 Å². The number of amides is 1. The van der Waals surface area contributed by atoms with Gasteiger partial charge < -0.3 is 19.5 Å². The summed E-state index contributed by atoms with van der Waals surface area (Å²) < 4.78 is 44.3. The van der Waals surface area contributed by atoms with Crippen molar-refractivity contribution in [3.63, 3.8) is 0 Å². The van der Waals surface area contributed by atoms with Gasteiger partial charge in [-0.05, 0) is 68.4 Å². The number of nitrogens with zero attached hydrogens (tertiary/aromatic N) is 1. The highest BCUT2D eigenvalue weighted by Gasteiger charge is 2.28. The summed E-state index contributed by atoms with van der Waals surface area (Å²) >= 11 is 0. The van der Waals surface area contributed by atoms with Gasteiger partial charge in [-0.2, -0.15) is 0 Å². The molecule has 1 atom stereocenters. The Kier molecular flexibility index (Phi) is 8.59. The second-order valence-corrected chi connectivity index (χ2v) is 9.51. The highest BCUT2D eigenvalue weighted by Crippen LogP contribution is 2.30. The number of carbonyl (C=O) groups excluding carboxylic acids is 1. The first kappa shape index (κ1) is 25.9. The van der Waals surface area contributed by atoms with Crippen LogP contribution in [0, 0.1) is 0 Å². The molecule has 0 saturated carbocycles. The van der Waals surface area contributed by atoms with E-state index in [0.29, 0.717) is 35.1 Å². The maximum atomic E-state index is 13.5. The van der Waals surface area contributed by atoms with Crippen LogP contribution in [0.3, 0.4) is 0 Å². The third-order valence-electron chi connectivity index (χ3n) is 5.33. The van der Waals surface area contributed by atoms with E-state index < -0.39 is 28.5 Å². The number of hydrogen-bond acceptors (Lipinski definition) is 6. The van der Waals surface area contributed by atoms with E-state index in [9.17, 15) is 13.2 Å². The second-order valence-electron chi connectivity index (χ2n) is 7.65. The third-order valence-corrected chi connectivity index (χ3v) is 7.12. The highest BCUT2D eigenvalue weighted by atomic mass is 32.2. The lowest BCUT2D eigenvalue weighted by atomic mass is 10.1. The van der Waals surface area contributed by atoms with Gasteiger partial charge in [-0.1, -0.05) is 18.2 Å². The number of benzene rings is 3. The number of para-hydroxylation sites is 1. The Labute approximate surface area is 206 Å². The summed E-state index contributed by atoms with van der Waals surface area (Å²) in [6, 6.07) is 19.5. The van der Waals surface area contributed by atoms with Crippen LogP contribution in [0.4, 0.5) is 5.69 Å². The summed E-state index contributed by atoms with van der Waals surface area (Å²) in [6.45, 7) is 3.71. The van der Waals surface area contributed by atoms with Crippen LogP contribution in [0.1, 0.15) is 25.5 Å². The van der Waals surface area contributed by atoms with Gasteiger partial charge >= 0.3 is 0 Å². The van der Waals surface area contributed by atoms with Gasteiger partial charge in [0.15, 0.2) is 0 Å². The van der Waals surface area contributed by atoms with Crippen LogP contribution >= 0.6 is 0 Å². The molecule has 0 radical (unpaired) electrons. The lowest BCUT2D eigenvalue weighted by Crippen LogP contribution is -2.41. The summed E-state index contributed by atoms with van der Waals surface area (Å²) in [5.74, 6) is 1.30. The summed E-state index contributed by atoms with van der Waals surface area (Å²) in [7, 11) is -0.937. The molecule has 3 aromatic carbocycles. The topological polar surface area (TPSA) is 94.2 Å². The fourth-order valence-electron chi connectivity index (χ4n) is 3.58. The van der Waals surface area contributed by atoms with Crippen LogP contribution in [0.25, 0.3) is 0 Å². The average molecular weight is 499 g/mol. The molecule has 0 aliphatic heterocycles. The van der Waals surface area contributed by atoms with Crippen molar-refractivity contribution in [2.24, 2.45) is 0 Å². The number of carbonyl (C=O) groups is 1. The van der Waals surface area contributed by atoms with Crippen LogP contribution in [0.15, 0.2) is 77.7 Å². The van der Waals surface area contributed by atoms with Gasteiger partial charge in [-0.3, -0.25) is 9.10 Å². The van der Waals surface area contributed by atoms with E-state index >= 15 is 0 Å². The molecule has 3 aromatic rings. The molecule has 0 aliphatic rings. The molecule has 0 aromatic heterocycles. The molecule has 8 nitrogen and oxygen atoms in total. The number of methoxy groups -OCH3 is 2. The molecule has 0 unspecified atom stereocenters. The molecule has 0 aliphatic carbocycles. The van der Waals surface area contributed by atoms with Gasteiger partial charge in [0.1, 0.15) is 23.8 Å². The third kappa shape index (κ3) is 6.24. The molecule has 0 heterocycles. The van der Waals surface area contributed by atoms with Crippen LogP contribution in [0.5, 0.6) is 17.2 Å². The first-order valence-corrected chi connectivity index (χ1v) is 12.6. The quantitative estimate of drug-likeness (QED) is 0.426. The van der Waals surface area contributed by atoms with E-state index in [2.05, 4.69) is 5.32 Å². The van der Waals surface area contributed by atoms with Gasteiger partial charge in [0.25, 0.3) is 10.0 Å². The van der Waals surface area contributed by atoms with Crippen molar-refractivity contribution in [2.45, 2.75) is 24.8 Å². The minimum absolute atomic E-state index is 0.0557. The fourth-order valence-corrected chi connectivity index (χ4v) is 5.01. The lowest BCUT2D eigenvalue weighted by Gasteiger charge is -2.25. The first-order chi connectivity index (χ1) is 16.8. The van der Waals surface area contributed by atoms with Crippen molar-refractivity contribution in [2.75, 3.05) is 31.7 Å².